The number of rotatable bonds is 8. The molecular weight excluding hydrogens is 374 g/mol. The van der Waals surface area contributed by atoms with E-state index >= 15 is 0 Å². The van der Waals surface area contributed by atoms with Gasteiger partial charge in [-0.1, -0.05) is 66.2 Å². The molecule has 3 aromatic rings. The van der Waals surface area contributed by atoms with Crippen LogP contribution in [0.15, 0.2) is 78.9 Å². The molecule has 0 atom stereocenters. The van der Waals surface area contributed by atoms with Crippen molar-refractivity contribution in [1.82, 2.24) is 4.90 Å². The first-order valence-corrected chi connectivity index (χ1v) is 9.96. The Morgan fingerprint density at radius 3 is 2.07 bits per heavy atom. The van der Waals surface area contributed by atoms with Gasteiger partial charge in [0.15, 0.2) is 0 Å². The van der Waals surface area contributed by atoms with Crippen LogP contribution in [0.5, 0.6) is 0 Å². The first kappa shape index (κ1) is 21.3. The van der Waals surface area contributed by atoms with Gasteiger partial charge in [-0.25, -0.2) is 0 Å². The summed E-state index contributed by atoms with van der Waals surface area (Å²) in [5.41, 5.74) is 4.91. The molecule has 30 heavy (non-hydrogen) atoms. The Morgan fingerprint density at radius 2 is 1.37 bits per heavy atom. The standard InChI is InChI=1S/C25H27N3O2/c1-19-12-14-22(15-13-19)26-24(29)17-28(2)18-25(30)27-23-11-7-6-10-21(23)16-20-8-4-3-5-9-20/h3-15H,16-18H2,1-2H3,(H,26,29)(H,27,30). The third kappa shape index (κ3) is 6.57. The fraction of sp³-hybridized carbons (Fsp3) is 0.200. The summed E-state index contributed by atoms with van der Waals surface area (Å²) >= 11 is 0. The summed E-state index contributed by atoms with van der Waals surface area (Å²) in [7, 11) is 1.75. The molecule has 0 aliphatic heterocycles. The molecule has 0 radical (unpaired) electrons. The lowest BCUT2D eigenvalue weighted by molar-refractivity contribution is -0.119. The molecule has 2 N–H and O–H groups in total. The van der Waals surface area contributed by atoms with Crippen molar-refractivity contribution in [3.63, 3.8) is 0 Å². The minimum Gasteiger partial charge on any atom is -0.325 e. The average molecular weight is 402 g/mol. The van der Waals surface area contributed by atoms with E-state index in [-0.39, 0.29) is 24.9 Å². The molecule has 0 aliphatic carbocycles. The van der Waals surface area contributed by atoms with Gasteiger partial charge in [0.05, 0.1) is 13.1 Å². The van der Waals surface area contributed by atoms with Crippen LogP contribution in [0, 0.1) is 6.92 Å². The molecule has 0 aromatic heterocycles. The Kier molecular flexibility index (Phi) is 7.35. The fourth-order valence-electron chi connectivity index (χ4n) is 3.19. The molecule has 5 heteroatoms. The third-order valence-corrected chi connectivity index (χ3v) is 4.69. The van der Waals surface area contributed by atoms with E-state index in [0.29, 0.717) is 0 Å². The quantitative estimate of drug-likeness (QED) is 0.598. The van der Waals surface area contributed by atoms with Crippen molar-refractivity contribution in [2.45, 2.75) is 13.3 Å². The molecule has 0 heterocycles. The number of likely N-dealkylation sites (N-methyl/N-ethyl adjacent to an activating group) is 1. The SMILES string of the molecule is Cc1ccc(NC(=O)CN(C)CC(=O)Nc2ccccc2Cc2ccccc2)cc1. The third-order valence-electron chi connectivity index (χ3n) is 4.69. The Morgan fingerprint density at radius 1 is 0.767 bits per heavy atom. The van der Waals surface area contributed by atoms with Gasteiger partial charge in [-0.2, -0.15) is 0 Å². The molecule has 0 saturated carbocycles. The first-order valence-electron chi connectivity index (χ1n) is 9.96. The highest BCUT2D eigenvalue weighted by atomic mass is 16.2. The topological polar surface area (TPSA) is 61.4 Å². The number of nitrogens with one attached hydrogen (secondary N) is 2. The van der Waals surface area contributed by atoms with Crippen LogP contribution in [0.4, 0.5) is 11.4 Å². The van der Waals surface area contributed by atoms with Gasteiger partial charge in [-0.05, 0) is 49.7 Å². The number of carbonyl (C=O) groups excluding carboxylic acids is 2. The molecule has 0 aliphatic rings. The number of benzene rings is 3. The van der Waals surface area contributed by atoms with Crippen LogP contribution in [0.25, 0.3) is 0 Å². The van der Waals surface area contributed by atoms with Crippen LogP contribution in [-0.4, -0.2) is 36.9 Å². The second-order valence-electron chi connectivity index (χ2n) is 7.45. The molecule has 0 saturated heterocycles. The largest absolute Gasteiger partial charge is 0.325 e. The van der Waals surface area contributed by atoms with Crippen LogP contribution in [-0.2, 0) is 16.0 Å². The van der Waals surface area contributed by atoms with Crippen molar-refractivity contribution in [2.75, 3.05) is 30.8 Å². The molecule has 3 rings (SSSR count). The van der Waals surface area contributed by atoms with Crippen molar-refractivity contribution < 1.29 is 9.59 Å². The van der Waals surface area contributed by atoms with Gasteiger partial charge >= 0.3 is 0 Å². The minimum absolute atomic E-state index is 0.126. The van der Waals surface area contributed by atoms with Crippen LogP contribution in [0.3, 0.4) is 0 Å². The lowest BCUT2D eigenvalue weighted by Crippen LogP contribution is -2.36. The first-order chi connectivity index (χ1) is 14.5. The Labute approximate surface area is 177 Å². The van der Waals surface area contributed by atoms with Crippen LogP contribution in [0.1, 0.15) is 16.7 Å². The normalized spacial score (nSPS) is 10.6. The fourth-order valence-corrected chi connectivity index (χ4v) is 3.19. The van der Waals surface area contributed by atoms with E-state index in [1.54, 1.807) is 11.9 Å². The maximum atomic E-state index is 12.5. The monoisotopic (exact) mass is 401 g/mol. The van der Waals surface area contributed by atoms with Gasteiger partial charge in [-0.3, -0.25) is 14.5 Å². The second kappa shape index (κ2) is 10.4. The van der Waals surface area contributed by atoms with Gasteiger partial charge in [0.2, 0.25) is 11.8 Å². The molecule has 0 bridgehead atoms. The number of nitrogens with zero attached hydrogens (tertiary/aromatic N) is 1. The Hall–Kier alpha value is -3.44. The summed E-state index contributed by atoms with van der Waals surface area (Å²) in [6.07, 6.45) is 0.742. The van der Waals surface area contributed by atoms with Gasteiger partial charge in [-0.15, -0.1) is 0 Å². The number of hydrogen-bond acceptors (Lipinski definition) is 3. The highest BCUT2D eigenvalue weighted by Crippen LogP contribution is 2.19. The summed E-state index contributed by atoms with van der Waals surface area (Å²) in [5.74, 6) is -0.306. The van der Waals surface area contributed by atoms with Crippen LogP contribution in [0.2, 0.25) is 0 Å². The maximum Gasteiger partial charge on any atom is 0.238 e. The zero-order chi connectivity index (χ0) is 21.3. The number of hydrogen-bond donors (Lipinski definition) is 2. The highest BCUT2D eigenvalue weighted by Gasteiger charge is 2.13. The summed E-state index contributed by atoms with van der Waals surface area (Å²) in [6, 6.07) is 25.5. The van der Waals surface area contributed by atoms with Crippen molar-refractivity contribution >= 4 is 23.2 Å². The van der Waals surface area contributed by atoms with Gasteiger partial charge in [0, 0.05) is 11.4 Å². The van der Waals surface area contributed by atoms with Crippen molar-refractivity contribution in [1.29, 1.82) is 0 Å². The lowest BCUT2D eigenvalue weighted by atomic mass is 10.0. The van der Waals surface area contributed by atoms with E-state index in [1.807, 2.05) is 73.7 Å². The van der Waals surface area contributed by atoms with Crippen molar-refractivity contribution in [3.8, 4) is 0 Å². The van der Waals surface area contributed by atoms with Crippen LogP contribution >= 0.6 is 0 Å². The number of anilines is 2. The Balaban J connectivity index is 1.52. The average Bonchev–Trinajstić information content (AvgIpc) is 2.71. The second-order valence-corrected chi connectivity index (χ2v) is 7.45. The van der Waals surface area contributed by atoms with E-state index < -0.39 is 0 Å². The summed E-state index contributed by atoms with van der Waals surface area (Å²) < 4.78 is 0. The minimum atomic E-state index is -0.154. The predicted octanol–water partition coefficient (Wildman–Crippen LogP) is 4.09. The smallest absolute Gasteiger partial charge is 0.238 e. The molecule has 3 aromatic carbocycles. The summed E-state index contributed by atoms with van der Waals surface area (Å²) in [5, 5.41) is 5.83. The maximum absolute atomic E-state index is 12.5. The molecule has 0 unspecified atom stereocenters. The van der Waals surface area contributed by atoms with Gasteiger partial charge < -0.3 is 10.6 Å². The Bertz CT molecular complexity index is 985. The molecule has 5 nitrogen and oxygen atoms in total. The number of para-hydroxylation sites is 1. The number of carbonyl (C=O) groups is 2. The van der Waals surface area contributed by atoms with E-state index in [0.717, 1.165) is 28.9 Å². The lowest BCUT2D eigenvalue weighted by Gasteiger charge is -2.17. The molecule has 2 amide bonds. The van der Waals surface area contributed by atoms with E-state index in [9.17, 15) is 9.59 Å². The zero-order valence-corrected chi connectivity index (χ0v) is 17.4. The van der Waals surface area contributed by atoms with Crippen molar-refractivity contribution in [3.05, 3.63) is 95.6 Å². The number of aryl methyl sites for hydroxylation is 1. The van der Waals surface area contributed by atoms with E-state index in [1.165, 1.54) is 5.56 Å². The molecular formula is C25H27N3O2. The van der Waals surface area contributed by atoms with E-state index in [2.05, 4.69) is 22.8 Å². The van der Waals surface area contributed by atoms with Gasteiger partial charge in [0.1, 0.15) is 0 Å². The number of amides is 2. The molecule has 0 fully saturated rings. The summed E-state index contributed by atoms with van der Waals surface area (Å²) in [6.45, 7) is 2.25. The molecule has 0 spiro atoms. The molecule has 154 valence electrons. The highest BCUT2D eigenvalue weighted by molar-refractivity contribution is 5.95. The predicted molar refractivity (Wildman–Crippen MR) is 122 cm³/mol. The zero-order valence-electron chi connectivity index (χ0n) is 17.4. The van der Waals surface area contributed by atoms with Gasteiger partial charge in [0.25, 0.3) is 0 Å². The van der Waals surface area contributed by atoms with Crippen LogP contribution < -0.4 is 10.6 Å². The summed E-state index contributed by atoms with van der Waals surface area (Å²) in [4.78, 5) is 26.4. The van der Waals surface area contributed by atoms with E-state index in [4.69, 9.17) is 0 Å². The van der Waals surface area contributed by atoms with Crippen molar-refractivity contribution in [2.24, 2.45) is 0 Å².